The van der Waals surface area contributed by atoms with Gasteiger partial charge in [-0.3, -0.25) is 0 Å². The van der Waals surface area contributed by atoms with Crippen LogP contribution in [0.1, 0.15) is 425 Å². The van der Waals surface area contributed by atoms with E-state index in [0.29, 0.717) is 89.4 Å². The first-order chi connectivity index (χ1) is 62.7. The molecule has 5 aromatic carbocycles. The number of hydrogen-bond donors (Lipinski definition) is 0. The van der Waals surface area contributed by atoms with Crippen LogP contribution in [0.3, 0.4) is 0 Å². The Morgan fingerprint density at radius 1 is 0.248 bits per heavy atom. The lowest BCUT2D eigenvalue weighted by molar-refractivity contribution is 0.156. The molecule has 13 heteroatoms. The van der Waals surface area contributed by atoms with Crippen molar-refractivity contribution in [3.05, 3.63) is 196 Å². The summed E-state index contributed by atoms with van der Waals surface area (Å²) in [6.07, 6.45) is 64.2. The zero-order chi connectivity index (χ0) is 91.9. The summed E-state index contributed by atoms with van der Waals surface area (Å²) in [7, 11) is 0. The second-order valence-electron chi connectivity index (χ2n) is 41.8. The van der Waals surface area contributed by atoms with Crippen molar-refractivity contribution in [2.24, 2.45) is 88.8 Å². The Kier molecular flexibility index (Phi) is 42.8. The molecule has 5 aromatic rings. The van der Waals surface area contributed by atoms with Crippen LogP contribution in [0.2, 0.25) is 0 Å². The summed E-state index contributed by atoms with van der Waals surface area (Å²) >= 11 is 0. The minimum atomic E-state index is -0.829. The Morgan fingerprint density at radius 3 is 0.744 bits per heavy atom. The van der Waals surface area contributed by atoms with Crippen molar-refractivity contribution in [3.63, 3.8) is 0 Å². The lowest BCUT2D eigenvalue weighted by Gasteiger charge is -2.38. The molecule has 0 amide bonds. The Hall–Kier alpha value is -5.98. The Bertz CT molecular complexity index is 4130. The van der Waals surface area contributed by atoms with E-state index in [0.717, 1.165) is 206 Å². The summed E-state index contributed by atoms with van der Waals surface area (Å²) in [5, 5.41) is 0. The minimum absolute atomic E-state index is 0.0245. The van der Waals surface area contributed by atoms with Crippen LogP contribution < -0.4 is 14.2 Å². The maximum Gasteiger partial charge on any atom is 0.200 e. The van der Waals surface area contributed by atoms with Gasteiger partial charge in [0.2, 0.25) is 17.5 Å². The number of allylic oxidation sites excluding steroid dienone is 3. The van der Waals surface area contributed by atoms with E-state index in [4.69, 9.17) is 14.2 Å². The fraction of sp³-hybridized carbons (Fsp3) is 0.690. The van der Waals surface area contributed by atoms with E-state index in [2.05, 4.69) is 51.8 Å². The molecule has 0 spiro atoms. The van der Waals surface area contributed by atoms with Crippen molar-refractivity contribution in [3.8, 4) is 17.2 Å². The summed E-state index contributed by atoms with van der Waals surface area (Å²) in [6, 6.07) is 17.4. The summed E-state index contributed by atoms with van der Waals surface area (Å²) in [4.78, 5) is 0. The van der Waals surface area contributed by atoms with Crippen LogP contribution >= 0.6 is 0 Å². The normalized spacial score (nSPS) is 29.6. The predicted molar refractivity (Wildman–Crippen MR) is 514 cm³/mol. The summed E-state index contributed by atoms with van der Waals surface area (Å²) < 4.78 is 160. The van der Waals surface area contributed by atoms with Crippen molar-refractivity contribution in [1.29, 1.82) is 0 Å². The fourth-order valence-electron chi connectivity index (χ4n) is 25.9. The number of benzene rings is 5. The Morgan fingerprint density at radius 2 is 0.496 bits per heavy atom. The Balaban J connectivity index is 0.000000156. The summed E-state index contributed by atoms with van der Waals surface area (Å²) in [5.74, 6) is 6.26. The lowest BCUT2D eigenvalue weighted by atomic mass is 9.68. The largest absolute Gasteiger partial charge is 0.491 e. The van der Waals surface area contributed by atoms with E-state index in [1.807, 2.05) is 52.0 Å². The van der Waals surface area contributed by atoms with Gasteiger partial charge in [-0.05, 0) is 439 Å². The van der Waals surface area contributed by atoms with Gasteiger partial charge in [0.25, 0.3) is 0 Å². The third-order valence-corrected chi connectivity index (χ3v) is 34.1. The average Bonchev–Trinajstić information content (AvgIpc) is 0.819. The molecule has 10 aliphatic carbocycles. The molecule has 10 fully saturated rings. The number of halogens is 10. The van der Waals surface area contributed by atoms with Gasteiger partial charge in [-0.15, -0.1) is 19.7 Å². The molecule has 0 radical (unpaired) electrons. The third-order valence-electron chi connectivity index (χ3n) is 34.1. The summed E-state index contributed by atoms with van der Waals surface area (Å²) in [6.45, 7) is 27.4. The van der Waals surface area contributed by atoms with E-state index in [-0.39, 0.29) is 46.8 Å². The molecule has 0 heterocycles. The molecular weight excluding hydrogens is 1630 g/mol. The van der Waals surface area contributed by atoms with Gasteiger partial charge < -0.3 is 14.2 Å². The molecule has 0 bridgehead atoms. The van der Waals surface area contributed by atoms with Crippen LogP contribution in [-0.2, 0) is 12.8 Å². The van der Waals surface area contributed by atoms with Gasteiger partial charge in [0, 0.05) is 0 Å². The molecule has 0 atom stereocenters. The average molecular weight is 1800 g/mol. The zero-order valence-electron chi connectivity index (χ0n) is 80.7. The van der Waals surface area contributed by atoms with Crippen molar-refractivity contribution in [1.82, 2.24) is 0 Å². The van der Waals surface area contributed by atoms with Gasteiger partial charge in [0.1, 0.15) is 0 Å². The SMILES string of the molecule is C=CC1CCC(C2CCC(c3ccc(OCC)c(F)c3F)CC2)CC1.C=CC1CCC(C2CCC(c3ccc(OCCC)c(F)c3F)CC2)CC1.C=CC1CCC(C2CCC(c3ccc(OCCCC)c(F)c3F)CC2)CC1.CCCc1ccc(C2CCC(C3CCC(CC)CC3)CC2)c(F)c1F.CCCc1ccc(C2CCC(C3CCC(CCC)CC3)CC2)c(F)c1F. The van der Waals surface area contributed by atoms with E-state index in [9.17, 15) is 43.9 Å². The zero-order valence-corrected chi connectivity index (χ0v) is 80.7. The molecule has 15 rings (SSSR count). The van der Waals surface area contributed by atoms with Crippen LogP contribution in [0, 0.1) is 147 Å². The van der Waals surface area contributed by atoms with Gasteiger partial charge in [0.15, 0.2) is 58.0 Å². The first-order valence-electron chi connectivity index (χ1n) is 52.8. The molecule has 0 unspecified atom stereocenters. The molecule has 10 aliphatic rings. The quantitative estimate of drug-likeness (QED) is 0.0271. The molecule has 0 N–H and O–H groups in total. The van der Waals surface area contributed by atoms with Crippen molar-refractivity contribution < 1.29 is 58.1 Å². The van der Waals surface area contributed by atoms with Crippen LogP contribution in [0.15, 0.2) is 98.6 Å². The Labute approximate surface area is 774 Å². The number of hydrogen-bond acceptors (Lipinski definition) is 3. The van der Waals surface area contributed by atoms with E-state index in [1.165, 1.54) is 173 Å². The van der Waals surface area contributed by atoms with Crippen LogP contribution in [-0.4, -0.2) is 19.8 Å². The third kappa shape index (κ3) is 28.6. The number of unbranched alkanes of at least 4 members (excludes halogenated alkanes) is 1. The smallest absolute Gasteiger partial charge is 0.200 e. The number of rotatable bonds is 29. The van der Waals surface area contributed by atoms with E-state index >= 15 is 0 Å². The predicted octanol–water partition coefficient (Wildman–Crippen LogP) is 36.3. The maximum atomic E-state index is 14.6. The van der Waals surface area contributed by atoms with Gasteiger partial charge >= 0.3 is 0 Å². The second kappa shape index (κ2) is 53.4. The van der Waals surface area contributed by atoms with Crippen LogP contribution in [0.5, 0.6) is 17.2 Å². The molecular formula is C116H166F10O3. The summed E-state index contributed by atoms with van der Waals surface area (Å²) in [5.41, 5.74) is 3.95. The van der Waals surface area contributed by atoms with Crippen molar-refractivity contribution in [2.75, 3.05) is 19.8 Å². The van der Waals surface area contributed by atoms with Gasteiger partial charge in [-0.1, -0.05) is 166 Å². The van der Waals surface area contributed by atoms with Gasteiger partial charge in [-0.2, -0.15) is 13.2 Å². The standard InChI is InChI=1S/C24H34F2O.C24H36F2.C23H32F2O.C23H34F2.C22H30F2O/c1-3-5-16-27-22-15-14-21(23(25)24(22)26)20-12-10-19(11-13-20)18-8-6-17(4-2)7-9-18;1-3-5-17-7-9-18(10-8-17)19-11-13-20(14-12-19)22-16-15-21(6-4-2)23(25)24(22)26;1-3-15-26-21-14-13-20(22(24)23(21)25)19-11-9-18(10-12-19)17-7-5-16(4-2)6-8-17;1-3-5-20-14-15-21(23(25)22(20)24)19-12-10-18(11-13-19)17-8-6-16(4-2)7-9-17;1-3-15-5-7-16(8-6-15)17-9-11-18(12-10-17)19-13-14-20(25-4-2)22(24)21(19)23/h4,14-15,17-20H,2-3,5-13,16H2,1H3;15-20H,3-14H2,1-2H3;4,13-14,16-19H,2-3,5-12,15H2,1H3;14-19H,3-13H2,1-2H3;3,13-18H,1,4-12H2,2H3. The number of aryl methyl sites for hydroxylation is 2. The highest BCUT2D eigenvalue weighted by molar-refractivity contribution is 5.37. The van der Waals surface area contributed by atoms with E-state index < -0.39 is 58.2 Å². The van der Waals surface area contributed by atoms with Crippen molar-refractivity contribution >= 4 is 0 Å². The highest BCUT2D eigenvalue weighted by Gasteiger charge is 2.40. The molecule has 3 nitrogen and oxygen atoms in total. The topological polar surface area (TPSA) is 27.7 Å². The monoisotopic (exact) mass is 1800 g/mol. The van der Waals surface area contributed by atoms with Crippen LogP contribution in [0.25, 0.3) is 0 Å². The second-order valence-corrected chi connectivity index (χ2v) is 41.8. The highest BCUT2D eigenvalue weighted by Crippen LogP contribution is 2.52. The minimum Gasteiger partial charge on any atom is -0.491 e. The molecule has 129 heavy (non-hydrogen) atoms. The van der Waals surface area contributed by atoms with Gasteiger partial charge in [-0.25, -0.2) is 30.7 Å². The first kappa shape index (κ1) is 104. The van der Waals surface area contributed by atoms with Crippen LogP contribution in [0.4, 0.5) is 43.9 Å². The molecule has 718 valence electrons. The fourth-order valence-corrected chi connectivity index (χ4v) is 25.9. The molecule has 0 saturated heterocycles. The first-order valence-corrected chi connectivity index (χ1v) is 52.8. The molecule has 0 aromatic heterocycles. The lowest BCUT2D eigenvalue weighted by Crippen LogP contribution is -2.25. The molecule has 0 aliphatic heterocycles. The number of ether oxygens (including phenoxy) is 3. The van der Waals surface area contributed by atoms with Crippen molar-refractivity contribution in [2.45, 2.75) is 399 Å². The van der Waals surface area contributed by atoms with Gasteiger partial charge in [0.05, 0.1) is 19.8 Å². The molecule has 10 saturated carbocycles. The highest BCUT2D eigenvalue weighted by atomic mass is 19.2. The maximum absolute atomic E-state index is 14.6. The van der Waals surface area contributed by atoms with E-state index in [1.54, 1.807) is 43.3 Å².